The number of hydrazine groups is 1. The van der Waals surface area contributed by atoms with Gasteiger partial charge in [-0.25, -0.2) is 0 Å². The Morgan fingerprint density at radius 3 is 2.74 bits per heavy atom. The lowest BCUT2D eigenvalue weighted by Gasteiger charge is -2.47. The number of nitrogens with zero attached hydrogens (tertiary/aromatic N) is 4. The van der Waals surface area contributed by atoms with Crippen molar-refractivity contribution in [3.05, 3.63) is 70.3 Å². The highest BCUT2D eigenvalue weighted by molar-refractivity contribution is 6.30. The van der Waals surface area contributed by atoms with Crippen LogP contribution < -0.4 is 10.5 Å². The summed E-state index contributed by atoms with van der Waals surface area (Å²) in [4.78, 5) is 18.0. The van der Waals surface area contributed by atoms with E-state index >= 15 is 0 Å². The van der Waals surface area contributed by atoms with E-state index in [9.17, 15) is 23.2 Å². The second-order valence-corrected chi connectivity index (χ2v) is 9.16. The topological polar surface area (TPSA) is 74.8 Å². The highest BCUT2D eigenvalue weighted by atomic mass is 35.5. The molecular weight excluding hydrogens is 483 g/mol. The SMILES string of the molecule is O=C(CCN1CCC[C@@H]1CN1C=C(Cc2ccc(Cl)cc2)c2ccncc2N1[O-])NCC(F)(F)F. The number of aromatic nitrogens is 1. The van der Waals surface area contributed by atoms with Gasteiger partial charge < -0.3 is 20.7 Å². The summed E-state index contributed by atoms with van der Waals surface area (Å²) in [6, 6.07) is 9.36. The van der Waals surface area contributed by atoms with Crippen LogP contribution in [-0.2, 0) is 11.2 Å². The van der Waals surface area contributed by atoms with E-state index in [1.807, 2.05) is 41.8 Å². The molecule has 0 radical (unpaired) electrons. The highest BCUT2D eigenvalue weighted by Crippen LogP contribution is 2.35. The molecule has 4 rings (SSSR count). The van der Waals surface area contributed by atoms with Crippen LogP contribution in [0.25, 0.3) is 5.57 Å². The number of hydrogen-bond donors (Lipinski definition) is 1. The summed E-state index contributed by atoms with van der Waals surface area (Å²) in [5, 5.41) is 18.2. The molecule has 0 aliphatic carbocycles. The van der Waals surface area contributed by atoms with Gasteiger partial charge in [0.05, 0.1) is 18.4 Å². The summed E-state index contributed by atoms with van der Waals surface area (Å²) < 4.78 is 37.0. The second kappa shape index (κ2) is 10.8. The van der Waals surface area contributed by atoms with Crippen LogP contribution in [0, 0.1) is 5.21 Å². The molecule has 1 fully saturated rings. The summed E-state index contributed by atoms with van der Waals surface area (Å²) in [5.41, 5.74) is 3.28. The molecule has 11 heteroatoms. The average Bonchev–Trinajstić information content (AvgIpc) is 3.27. The van der Waals surface area contributed by atoms with Crippen LogP contribution >= 0.6 is 11.6 Å². The molecule has 1 atom stereocenters. The van der Waals surface area contributed by atoms with Crippen LogP contribution in [0.4, 0.5) is 18.9 Å². The van der Waals surface area contributed by atoms with Crippen LogP contribution in [0.3, 0.4) is 0 Å². The Bertz CT molecular complexity index is 1060. The van der Waals surface area contributed by atoms with Crippen molar-refractivity contribution in [3.8, 4) is 0 Å². The van der Waals surface area contributed by atoms with Gasteiger partial charge >= 0.3 is 6.18 Å². The van der Waals surface area contributed by atoms with Gasteiger partial charge in [-0.2, -0.15) is 13.2 Å². The van der Waals surface area contributed by atoms with Crippen molar-refractivity contribution in [3.63, 3.8) is 0 Å². The number of halogens is 4. The number of fused-ring (bicyclic) bond motifs is 1. The largest absolute Gasteiger partial charge is 0.738 e. The fourth-order valence-corrected chi connectivity index (χ4v) is 4.61. The number of amides is 1. The summed E-state index contributed by atoms with van der Waals surface area (Å²) in [6.07, 6.45) is 2.90. The molecule has 2 aliphatic rings. The second-order valence-electron chi connectivity index (χ2n) is 8.72. The van der Waals surface area contributed by atoms with E-state index in [0.717, 1.165) is 41.3 Å². The van der Waals surface area contributed by atoms with Crippen LogP contribution in [0.5, 0.6) is 0 Å². The van der Waals surface area contributed by atoms with Gasteiger partial charge in [-0.15, -0.1) is 0 Å². The maximum Gasteiger partial charge on any atom is 0.405 e. The highest BCUT2D eigenvalue weighted by Gasteiger charge is 2.30. The summed E-state index contributed by atoms with van der Waals surface area (Å²) in [6.45, 7) is 0.124. The fraction of sp³-hybridized carbons (Fsp3) is 0.417. The molecule has 0 bridgehead atoms. The smallest absolute Gasteiger partial charge is 0.405 e. The molecule has 3 heterocycles. The number of carbonyl (C=O) groups excluding carboxylic acids is 1. The minimum Gasteiger partial charge on any atom is -0.738 e. The number of likely N-dealkylation sites (tertiary alicyclic amines) is 1. The number of benzene rings is 1. The third-order valence-electron chi connectivity index (χ3n) is 6.21. The first-order chi connectivity index (χ1) is 16.7. The lowest BCUT2D eigenvalue weighted by Crippen LogP contribution is -2.46. The van der Waals surface area contributed by atoms with Crippen molar-refractivity contribution < 1.29 is 18.0 Å². The Morgan fingerprint density at radius 2 is 2.00 bits per heavy atom. The van der Waals surface area contributed by atoms with Crippen LogP contribution in [0.15, 0.2) is 48.9 Å². The quantitative estimate of drug-likeness (QED) is 0.570. The van der Waals surface area contributed by atoms with Crippen molar-refractivity contribution in [2.75, 3.05) is 31.4 Å². The van der Waals surface area contributed by atoms with E-state index in [0.29, 0.717) is 30.2 Å². The zero-order chi connectivity index (χ0) is 25.0. The molecule has 1 aromatic carbocycles. The Morgan fingerprint density at radius 1 is 1.23 bits per heavy atom. The van der Waals surface area contributed by atoms with Gasteiger partial charge in [0.25, 0.3) is 0 Å². The molecule has 0 unspecified atom stereocenters. The zero-order valence-corrected chi connectivity index (χ0v) is 19.7. The number of hydrogen-bond acceptors (Lipinski definition) is 6. The number of pyridine rings is 1. The van der Waals surface area contributed by atoms with Gasteiger partial charge in [0.2, 0.25) is 5.91 Å². The Hall–Kier alpha value is -2.82. The Kier molecular flexibility index (Phi) is 7.83. The van der Waals surface area contributed by atoms with Gasteiger partial charge in [-0.3, -0.25) is 14.7 Å². The first kappa shape index (κ1) is 25.3. The maximum absolute atomic E-state index is 13.2. The van der Waals surface area contributed by atoms with Crippen molar-refractivity contribution in [1.29, 1.82) is 0 Å². The van der Waals surface area contributed by atoms with Crippen LogP contribution in [0.2, 0.25) is 5.02 Å². The van der Waals surface area contributed by atoms with Gasteiger partial charge in [0.1, 0.15) is 6.54 Å². The molecule has 2 aromatic rings. The third-order valence-corrected chi connectivity index (χ3v) is 6.46. The number of nitrogens with one attached hydrogen (secondary N) is 1. The lowest BCUT2D eigenvalue weighted by molar-refractivity contribution is -0.138. The first-order valence-electron chi connectivity index (χ1n) is 11.4. The minimum absolute atomic E-state index is 0.00637. The summed E-state index contributed by atoms with van der Waals surface area (Å²) >= 11 is 6.01. The molecule has 1 aromatic heterocycles. The molecule has 1 saturated heterocycles. The molecule has 188 valence electrons. The van der Waals surface area contributed by atoms with E-state index < -0.39 is 18.6 Å². The minimum atomic E-state index is -4.43. The molecule has 0 spiro atoms. The van der Waals surface area contributed by atoms with Crippen LogP contribution in [-0.4, -0.2) is 59.2 Å². The van der Waals surface area contributed by atoms with Gasteiger partial charge in [0.15, 0.2) is 0 Å². The van der Waals surface area contributed by atoms with E-state index in [-0.39, 0.29) is 12.5 Å². The van der Waals surface area contributed by atoms with Crippen molar-refractivity contribution in [2.45, 2.75) is 37.9 Å². The van der Waals surface area contributed by atoms with Gasteiger partial charge in [0, 0.05) is 42.0 Å². The molecule has 2 aliphatic heterocycles. The Labute approximate surface area is 206 Å². The van der Waals surface area contributed by atoms with Crippen molar-refractivity contribution >= 4 is 28.8 Å². The number of carbonyl (C=O) groups is 1. The van der Waals surface area contributed by atoms with Gasteiger partial charge in [-0.1, -0.05) is 23.7 Å². The van der Waals surface area contributed by atoms with E-state index in [1.165, 1.54) is 0 Å². The predicted molar refractivity (Wildman–Crippen MR) is 128 cm³/mol. The van der Waals surface area contributed by atoms with Crippen LogP contribution in [0.1, 0.15) is 30.4 Å². The maximum atomic E-state index is 13.2. The fourth-order valence-electron chi connectivity index (χ4n) is 4.48. The van der Waals surface area contributed by atoms with E-state index in [4.69, 9.17) is 11.6 Å². The summed E-state index contributed by atoms with van der Waals surface area (Å²) in [5.74, 6) is -0.637. The summed E-state index contributed by atoms with van der Waals surface area (Å²) in [7, 11) is 0. The third kappa shape index (κ3) is 6.65. The molecule has 1 amide bonds. The van der Waals surface area contributed by atoms with Gasteiger partial charge in [-0.05, 0) is 55.1 Å². The zero-order valence-electron chi connectivity index (χ0n) is 19.0. The molecule has 0 saturated carbocycles. The van der Waals surface area contributed by atoms with E-state index in [2.05, 4.69) is 9.88 Å². The standard InChI is InChI=1S/C24H26ClF3N5O2/c25-19-5-3-17(4-6-19)12-18-14-32(33(35)22-13-29-9-7-21(18)22)15-20-2-1-10-31(20)11-8-23(34)30-16-24(26,27)28/h3-7,9,13-14,20H,1-2,8,10-12,15-16H2,(H,30,34)/q-1/t20-/m1/s1. The molecule has 7 nitrogen and oxygen atoms in total. The average molecular weight is 509 g/mol. The first-order valence-corrected chi connectivity index (χ1v) is 11.8. The molecule has 1 N–H and O–H groups in total. The normalized spacial score (nSPS) is 18.4. The van der Waals surface area contributed by atoms with Crippen molar-refractivity contribution in [2.24, 2.45) is 0 Å². The Balaban J connectivity index is 1.44. The number of anilines is 1. The number of alkyl halides is 3. The molecular formula is C24H26ClF3N5O2-. The number of allylic oxidation sites excluding steroid dienone is 1. The molecule has 35 heavy (non-hydrogen) atoms. The monoisotopic (exact) mass is 508 g/mol. The predicted octanol–water partition coefficient (Wildman–Crippen LogP) is 4.39. The van der Waals surface area contributed by atoms with E-state index in [1.54, 1.807) is 17.4 Å². The number of rotatable bonds is 8. The van der Waals surface area contributed by atoms with Crippen molar-refractivity contribution in [1.82, 2.24) is 20.2 Å². The lowest BCUT2D eigenvalue weighted by atomic mass is 9.97.